The number of hydrogen-bond donors (Lipinski definition) is 1. The van der Waals surface area contributed by atoms with Crippen molar-refractivity contribution in [2.75, 3.05) is 5.73 Å². The first kappa shape index (κ1) is 7.92. The molecule has 0 spiro atoms. The van der Waals surface area contributed by atoms with Crippen LogP contribution < -0.4 is 5.73 Å². The highest BCUT2D eigenvalue weighted by Gasteiger charge is 2.26. The lowest BCUT2D eigenvalue weighted by atomic mass is 10.1. The molecule has 0 amide bonds. The first-order valence-corrected chi connectivity index (χ1v) is 5.10. The second kappa shape index (κ2) is 2.53. The van der Waals surface area contributed by atoms with Gasteiger partial charge in [-0.05, 0) is 42.5 Å². The summed E-state index contributed by atoms with van der Waals surface area (Å²) in [5.74, 6) is 0.759. The molecule has 2 nitrogen and oxygen atoms in total. The molecule has 1 aromatic heterocycles. The van der Waals surface area contributed by atoms with Gasteiger partial charge in [0.25, 0.3) is 0 Å². The summed E-state index contributed by atoms with van der Waals surface area (Å²) < 4.78 is 2.20. The highest BCUT2D eigenvalue weighted by molar-refractivity contribution is 5.87. The molecule has 0 aliphatic heterocycles. The summed E-state index contributed by atoms with van der Waals surface area (Å²) in [6.45, 7) is 0. The van der Waals surface area contributed by atoms with Crippen molar-refractivity contribution in [3.8, 4) is 0 Å². The zero-order chi connectivity index (χ0) is 9.71. The Morgan fingerprint density at radius 1 is 1.36 bits per heavy atom. The number of benzene rings is 1. The summed E-state index contributed by atoms with van der Waals surface area (Å²) in [5, 5.41) is 1.27. The van der Waals surface area contributed by atoms with E-state index in [2.05, 4.69) is 36.0 Å². The minimum atomic E-state index is 0.759. The third-order valence-corrected chi connectivity index (χ3v) is 3.04. The van der Waals surface area contributed by atoms with Crippen LogP contribution in [0.2, 0.25) is 0 Å². The number of nitrogens with zero attached hydrogens (tertiary/aromatic N) is 1. The number of fused-ring (bicyclic) bond motifs is 1. The van der Waals surface area contributed by atoms with Gasteiger partial charge in [-0.2, -0.15) is 0 Å². The normalized spacial score (nSPS) is 16.4. The number of hydrogen-bond acceptors (Lipinski definition) is 1. The van der Waals surface area contributed by atoms with Gasteiger partial charge in [0, 0.05) is 24.3 Å². The molecule has 1 saturated carbocycles. The minimum absolute atomic E-state index is 0.759. The number of aryl methyl sites for hydroxylation is 1. The van der Waals surface area contributed by atoms with Gasteiger partial charge in [0.2, 0.25) is 0 Å². The summed E-state index contributed by atoms with van der Waals surface area (Å²) in [7, 11) is 2.10. The molecule has 1 aromatic carbocycles. The Morgan fingerprint density at radius 3 is 2.86 bits per heavy atom. The molecular formula is C12H14N2. The van der Waals surface area contributed by atoms with Gasteiger partial charge in [0.15, 0.2) is 0 Å². The Kier molecular flexibility index (Phi) is 1.43. The zero-order valence-corrected chi connectivity index (χ0v) is 8.33. The first-order chi connectivity index (χ1) is 6.75. The number of nitrogen functional groups attached to an aromatic ring is 1. The van der Waals surface area contributed by atoms with E-state index in [1.54, 1.807) is 0 Å². The predicted molar refractivity (Wildman–Crippen MR) is 59.3 cm³/mol. The molecule has 0 saturated heterocycles. The Balaban J connectivity index is 2.37. The molecule has 2 N–H and O–H groups in total. The fourth-order valence-electron chi connectivity index (χ4n) is 2.21. The molecule has 1 heterocycles. The van der Waals surface area contributed by atoms with Gasteiger partial charge in [-0.15, -0.1) is 0 Å². The Morgan fingerprint density at radius 2 is 2.14 bits per heavy atom. The van der Waals surface area contributed by atoms with E-state index in [4.69, 9.17) is 5.73 Å². The van der Waals surface area contributed by atoms with E-state index in [1.807, 2.05) is 0 Å². The molecule has 0 bridgehead atoms. The summed E-state index contributed by atoms with van der Waals surface area (Å²) in [6.07, 6.45) is 4.75. The van der Waals surface area contributed by atoms with Crippen LogP contribution in [0.5, 0.6) is 0 Å². The molecule has 14 heavy (non-hydrogen) atoms. The smallest absolute Gasteiger partial charge is 0.0514 e. The SMILES string of the molecule is Cn1ccc2cc(N)cc(C3CC3)c21. The standard InChI is InChI=1S/C12H14N2/c1-14-5-4-9-6-10(13)7-11(12(9)14)8-2-3-8/h4-8H,2-3,13H2,1H3. The Bertz CT molecular complexity index is 492. The summed E-state index contributed by atoms with van der Waals surface area (Å²) in [6, 6.07) is 6.33. The van der Waals surface area contributed by atoms with Crippen molar-refractivity contribution in [1.29, 1.82) is 0 Å². The van der Waals surface area contributed by atoms with E-state index >= 15 is 0 Å². The Labute approximate surface area is 83.3 Å². The lowest BCUT2D eigenvalue weighted by molar-refractivity contribution is 0.953. The maximum atomic E-state index is 5.89. The molecule has 0 unspecified atom stereocenters. The molecule has 2 heteroatoms. The number of anilines is 1. The van der Waals surface area contributed by atoms with E-state index in [9.17, 15) is 0 Å². The third-order valence-electron chi connectivity index (χ3n) is 3.04. The molecule has 1 aliphatic rings. The molecule has 3 rings (SSSR count). The number of nitrogens with two attached hydrogens (primary N) is 1. The van der Waals surface area contributed by atoms with Crippen molar-refractivity contribution in [2.45, 2.75) is 18.8 Å². The van der Waals surface area contributed by atoms with Crippen molar-refractivity contribution >= 4 is 16.6 Å². The van der Waals surface area contributed by atoms with E-state index in [1.165, 1.54) is 29.3 Å². The molecule has 2 aromatic rings. The highest BCUT2D eigenvalue weighted by atomic mass is 14.9. The van der Waals surface area contributed by atoms with Crippen molar-refractivity contribution in [3.05, 3.63) is 30.0 Å². The van der Waals surface area contributed by atoms with Gasteiger partial charge in [-0.25, -0.2) is 0 Å². The van der Waals surface area contributed by atoms with Crippen LogP contribution in [-0.2, 0) is 7.05 Å². The Hall–Kier alpha value is -1.44. The fraction of sp³-hybridized carbons (Fsp3) is 0.333. The molecular weight excluding hydrogens is 172 g/mol. The average Bonchev–Trinajstić information content (AvgIpc) is 2.92. The monoisotopic (exact) mass is 186 g/mol. The van der Waals surface area contributed by atoms with Crippen LogP contribution in [0.4, 0.5) is 5.69 Å². The van der Waals surface area contributed by atoms with Crippen LogP contribution in [0.3, 0.4) is 0 Å². The maximum Gasteiger partial charge on any atom is 0.0514 e. The van der Waals surface area contributed by atoms with Crippen LogP contribution in [0.25, 0.3) is 10.9 Å². The summed E-state index contributed by atoms with van der Waals surface area (Å²) in [4.78, 5) is 0. The summed E-state index contributed by atoms with van der Waals surface area (Å²) >= 11 is 0. The average molecular weight is 186 g/mol. The van der Waals surface area contributed by atoms with E-state index in [0.717, 1.165) is 11.6 Å². The van der Waals surface area contributed by atoms with Crippen molar-refractivity contribution in [2.24, 2.45) is 7.05 Å². The summed E-state index contributed by atoms with van der Waals surface area (Å²) in [5.41, 5.74) is 9.58. The lowest BCUT2D eigenvalue weighted by Gasteiger charge is -2.06. The van der Waals surface area contributed by atoms with Gasteiger partial charge < -0.3 is 10.3 Å². The van der Waals surface area contributed by atoms with E-state index < -0.39 is 0 Å². The zero-order valence-electron chi connectivity index (χ0n) is 8.33. The van der Waals surface area contributed by atoms with Crippen molar-refractivity contribution in [3.63, 3.8) is 0 Å². The lowest BCUT2D eigenvalue weighted by Crippen LogP contribution is -1.93. The van der Waals surface area contributed by atoms with Crippen LogP contribution in [0.1, 0.15) is 24.3 Å². The first-order valence-electron chi connectivity index (χ1n) is 5.10. The topological polar surface area (TPSA) is 30.9 Å². The fourth-order valence-corrected chi connectivity index (χ4v) is 2.21. The van der Waals surface area contributed by atoms with Gasteiger partial charge in [-0.3, -0.25) is 0 Å². The molecule has 0 atom stereocenters. The second-order valence-corrected chi connectivity index (χ2v) is 4.25. The highest BCUT2D eigenvalue weighted by Crippen LogP contribution is 2.43. The molecule has 0 radical (unpaired) electrons. The predicted octanol–water partition coefficient (Wildman–Crippen LogP) is 2.64. The van der Waals surface area contributed by atoms with Crippen molar-refractivity contribution in [1.82, 2.24) is 4.57 Å². The van der Waals surface area contributed by atoms with Gasteiger partial charge in [0.05, 0.1) is 5.52 Å². The van der Waals surface area contributed by atoms with Crippen LogP contribution >= 0.6 is 0 Å². The van der Waals surface area contributed by atoms with E-state index in [0.29, 0.717) is 0 Å². The van der Waals surface area contributed by atoms with Crippen molar-refractivity contribution < 1.29 is 0 Å². The number of aromatic nitrogens is 1. The third kappa shape index (κ3) is 1.03. The molecule has 1 aliphatic carbocycles. The quantitative estimate of drug-likeness (QED) is 0.682. The minimum Gasteiger partial charge on any atom is -0.399 e. The largest absolute Gasteiger partial charge is 0.399 e. The second-order valence-electron chi connectivity index (χ2n) is 4.25. The number of rotatable bonds is 1. The molecule has 1 fully saturated rings. The van der Waals surface area contributed by atoms with Crippen LogP contribution in [-0.4, -0.2) is 4.57 Å². The van der Waals surface area contributed by atoms with E-state index in [-0.39, 0.29) is 0 Å². The van der Waals surface area contributed by atoms with Gasteiger partial charge >= 0.3 is 0 Å². The van der Waals surface area contributed by atoms with Gasteiger partial charge in [-0.1, -0.05) is 0 Å². The van der Waals surface area contributed by atoms with Crippen LogP contribution in [0, 0.1) is 0 Å². The maximum absolute atomic E-state index is 5.89. The molecule has 72 valence electrons. The van der Waals surface area contributed by atoms with Gasteiger partial charge in [0.1, 0.15) is 0 Å². The van der Waals surface area contributed by atoms with Crippen LogP contribution in [0.15, 0.2) is 24.4 Å².